The van der Waals surface area contributed by atoms with Gasteiger partial charge in [0.25, 0.3) is 0 Å². The molecular weight excluding hydrogens is 572 g/mol. The van der Waals surface area contributed by atoms with Crippen molar-refractivity contribution in [2.24, 2.45) is 0 Å². The van der Waals surface area contributed by atoms with Crippen LogP contribution in [0.2, 0.25) is 0 Å². The van der Waals surface area contributed by atoms with Crippen molar-refractivity contribution < 1.29 is 46.1 Å². The van der Waals surface area contributed by atoms with E-state index in [1.165, 1.54) is 62.8 Å². The maximum absolute atomic E-state index is 14.9. The van der Waals surface area contributed by atoms with Crippen LogP contribution < -0.4 is 24.8 Å². The van der Waals surface area contributed by atoms with Gasteiger partial charge in [-0.25, -0.2) is 14.0 Å². The van der Waals surface area contributed by atoms with Crippen molar-refractivity contribution >= 4 is 23.4 Å². The molecule has 1 atom stereocenters. The number of ether oxygens (including phenoxy) is 4. The molecule has 0 bridgehead atoms. The van der Waals surface area contributed by atoms with Gasteiger partial charge in [0, 0.05) is 23.0 Å². The zero-order valence-corrected chi connectivity index (χ0v) is 23.1. The summed E-state index contributed by atoms with van der Waals surface area (Å²) in [5, 5.41) is 5.23. The van der Waals surface area contributed by atoms with E-state index >= 15 is 0 Å². The molecule has 0 saturated carbocycles. The standard InChI is InChI=1S/C31H26F4N2O6/c1-40-26-15-13-21(17-27(26)41-2)37-30(39)36-20-12-14-25(23(16-20)29(38)42-3)43-28(22-6-4-5-7-24(22)32)18-8-10-19(11-9-18)31(33,34)35/h4-17,28H,1-3H3,(H2,36,37,39). The molecule has 1 unspecified atom stereocenters. The molecule has 2 amide bonds. The van der Waals surface area contributed by atoms with Crippen LogP contribution in [0.15, 0.2) is 84.9 Å². The molecule has 0 aliphatic heterocycles. The number of hydrogen-bond acceptors (Lipinski definition) is 6. The average Bonchev–Trinajstić information content (AvgIpc) is 3.00. The van der Waals surface area contributed by atoms with Gasteiger partial charge in [0.15, 0.2) is 17.6 Å². The Morgan fingerprint density at radius 2 is 1.35 bits per heavy atom. The number of esters is 1. The first-order valence-electron chi connectivity index (χ1n) is 12.6. The molecule has 43 heavy (non-hydrogen) atoms. The Labute approximate surface area is 244 Å². The normalized spacial score (nSPS) is 11.7. The van der Waals surface area contributed by atoms with Gasteiger partial charge < -0.3 is 29.6 Å². The number of halogens is 4. The molecule has 4 aromatic carbocycles. The third-order valence-corrected chi connectivity index (χ3v) is 6.26. The van der Waals surface area contributed by atoms with E-state index in [0.717, 1.165) is 19.2 Å². The number of carbonyl (C=O) groups excluding carboxylic acids is 2. The minimum Gasteiger partial charge on any atom is -0.493 e. The number of amides is 2. The van der Waals surface area contributed by atoms with E-state index in [4.69, 9.17) is 18.9 Å². The molecule has 0 heterocycles. The second-order valence-electron chi connectivity index (χ2n) is 8.99. The van der Waals surface area contributed by atoms with Crippen LogP contribution >= 0.6 is 0 Å². The van der Waals surface area contributed by atoms with E-state index in [9.17, 15) is 27.2 Å². The van der Waals surface area contributed by atoms with Crippen LogP contribution in [-0.4, -0.2) is 33.3 Å². The number of alkyl halides is 3. The lowest BCUT2D eigenvalue weighted by molar-refractivity contribution is -0.137. The topological polar surface area (TPSA) is 95.1 Å². The van der Waals surface area contributed by atoms with Gasteiger partial charge in [-0.1, -0.05) is 30.3 Å². The molecule has 2 N–H and O–H groups in total. The fourth-order valence-electron chi connectivity index (χ4n) is 4.16. The van der Waals surface area contributed by atoms with Crippen molar-refractivity contribution in [2.75, 3.05) is 32.0 Å². The van der Waals surface area contributed by atoms with Crippen molar-refractivity contribution in [1.82, 2.24) is 0 Å². The Morgan fingerprint density at radius 1 is 0.744 bits per heavy atom. The highest BCUT2D eigenvalue weighted by atomic mass is 19.4. The minimum atomic E-state index is -4.57. The SMILES string of the molecule is COC(=O)c1cc(NC(=O)Nc2ccc(OC)c(OC)c2)ccc1OC(c1ccc(C(F)(F)F)cc1)c1ccccc1F. The first-order valence-corrected chi connectivity index (χ1v) is 12.6. The lowest BCUT2D eigenvalue weighted by Gasteiger charge is -2.23. The van der Waals surface area contributed by atoms with E-state index < -0.39 is 35.7 Å². The Hall–Kier alpha value is -5.26. The second kappa shape index (κ2) is 13.1. The zero-order valence-electron chi connectivity index (χ0n) is 23.1. The van der Waals surface area contributed by atoms with Gasteiger partial charge in [0.1, 0.15) is 17.1 Å². The maximum atomic E-state index is 14.9. The second-order valence-corrected chi connectivity index (χ2v) is 8.99. The van der Waals surface area contributed by atoms with Gasteiger partial charge in [-0.3, -0.25) is 0 Å². The van der Waals surface area contributed by atoms with E-state index in [0.29, 0.717) is 17.2 Å². The average molecular weight is 599 g/mol. The fourth-order valence-corrected chi connectivity index (χ4v) is 4.16. The molecule has 8 nitrogen and oxygen atoms in total. The van der Waals surface area contributed by atoms with Gasteiger partial charge in [-0.05, 0) is 54.1 Å². The monoisotopic (exact) mass is 598 g/mol. The van der Waals surface area contributed by atoms with Gasteiger partial charge in [-0.15, -0.1) is 0 Å². The highest BCUT2D eigenvalue weighted by molar-refractivity contribution is 6.01. The van der Waals surface area contributed by atoms with Crippen LogP contribution in [0.5, 0.6) is 17.2 Å². The smallest absolute Gasteiger partial charge is 0.416 e. The van der Waals surface area contributed by atoms with E-state index in [1.807, 2.05) is 0 Å². The van der Waals surface area contributed by atoms with Crippen molar-refractivity contribution in [3.63, 3.8) is 0 Å². The van der Waals surface area contributed by atoms with Crippen molar-refractivity contribution in [3.05, 3.63) is 113 Å². The molecule has 0 aliphatic rings. The summed E-state index contributed by atoms with van der Waals surface area (Å²) in [6, 6.07) is 17.9. The van der Waals surface area contributed by atoms with Crippen molar-refractivity contribution in [3.8, 4) is 17.2 Å². The number of methoxy groups -OCH3 is 3. The minimum absolute atomic E-state index is 0.0228. The summed E-state index contributed by atoms with van der Waals surface area (Å²) in [6.45, 7) is 0. The predicted molar refractivity (Wildman–Crippen MR) is 150 cm³/mol. The highest BCUT2D eigenvalue weighted by Gasteiger charge is 2.31. The number of nitrogens with one attached hydrogen (secondary N) is 2. The third kappa shape index (κ3) is 7.34. The molecule has 0 aliphatic carbocycles. The molecule has 4 aromatic rings. The molecule has 0 saturated heterocycles. The maximum Gasteiger partial charge on any atom is 0.416 e. The summed E-state index contributed by atoms with van der Waals surface area (Å²) in [6.07, 6.45) is -5.81. The third-order valence-electron chi connectivity index (χ3n) is 6.26. The molecule has 0 radical (unpaired) electrons. The summed E-state index contributed by atoms with van der Waals surface area (Å²) in [7, 11) is 4.07. The summed E-state index contributed by atoms with van der Waals surface area (Å²) >= 11 is 0. The Balaban J connectivity index is 1.63. The Kier molecular flexibility index (Phi) is 9.39. The molecular formula is C31H26F4N2O6. The number of anilines is 2. The van der Waals surface area contributed by atoms with Crippen LogP contribution in [0.3, 0.4) is 0 Å². The number of urea groups is 1. The first-order chi connectivity index (χ1) is 20.5. The Morgan fingerprint density at radius 3 is 1.93 bits per heavy atom. The van der Waals surface area contributed by atoms with E-state index in [-0.39, 0.29) is 28.1 Å². The largest absolute Gasteiger partial charge is 0.493 e. The molecule has 4 rings (SSSR count). The number of hydrogen-bond donors (Lipinski definition) is 2. The van der Waals surface area contributed by atoms with Crippen LogP contribution in [0.25, 0.3) is 0 Å². The summed E-state index contributed by atoms with van der Waals surface area (Å²) in [5.41, 5.74) is -0.213. The quantitative estimate of drug-likeness (QED) is 0.153. The van der Waals surface area contributed by atoms with Crippen molar-refractivity contribution in [2.45, 2.75) is 12.3 Å². The predicted octanol–water partition coefficient (Wildman–Crippen LogP) is 7.46. The first kappa shape index (κ1) is 30.7. The molecule has 12 heteroatoms. The van der Waals surface area contributed by atoms with Crippen LogP contribution in [0.1, 0.15) is 33.2 Å². The number of carbonyl (C=O) groups is 2. The summed E-state index contributed by atoms with van der Waals surface area (Å²) < 4.78 is 75.7. The van der Waals surface area contributed by atoms with Crippen molar-refractivity contribution in [1.29, 1.82) is 0 Å². The summed E-state index contributed by atoms with van der Waals surface area (Å²) in [5.74, 6) is -0.703. The molecule has 0 aromatic heterocycles. The van der Waals surface area contributed by atoms with Gasteiger partial charge in [0.05, 0.1) is 26.9 Å². The fraction of sp³-hybridized carbons (Fsp3) is 0.161. The van der Waals surface area contributed by atoms with Gasteiger partial charge in [-0.2, -0.15) is 13.2 Å². The zero-order chi connectivity index (χ0) is 31.1. The lowest BCUT2D eigenvalue weighted by Crippen LogP contribution is -2.20. The van der Waals surface area contributed by atoms with E-state index in [1.54, 1.807) is 24.3 Å². The van der Waals surface area contributed by atoms with Gasteiger partial charge >= 0.3 is 18.2 Å². The highest BCUT2D eigenvalue weighted by Crippen LogP contribution is 2.36. The molecule has 0 spiro atoms. The van der Waals surface area contributed by atoms with Crippen LogP contribution in [-0.2, 0) is 10.9 Å². The Bertz CT molecular complexity index is 1610. The molecule has 0 fully saturated rings. The summed E-state index contributed by atoms with van der Waals surface area (Å²) in [4.78, 5) is 25.4. The lowest BCUT2D eigenvalue weighted by atomic mass is 9.99. The number of rotatable bonds is 9. The van der Waals surface area contributed by atoms with Crippen LogP contribution in [0.4, 0.5) is 33.7 Å². The van der Waals surface area contributed by atoms with E-state index in [2.05, 4.69) is 10.6 Å². The number of benzene rings is 4. The van der Waals surface area contributed by atoms with Crippen LogP contribution in [0, 0.1) is 5.82 Å². The van der Waals surface area contributed by atoms with Gasteiger partial charge in [0.2, 0.25) is 0 Å². The molecule has 224 valence electrons.